The first kappa shape index (κ1) is 10.7. The van der Waals surface area contributed by atoms with Crippen molar-refractivity contribution in [1.29, 1.82) is 0 Å². The largest absolute Gasteiger partial charge is 0.346 e. The molecule has 3 heterocycles. The second-order valence-corrected chi connectivity index (χ2v) is 5.26. The van der Waals surface area contributed by atoms with Crippen molar-refractivity contribution < 1.29 is 4.79 Å². The van der Waals surface area contributed by atoms with Crippen LogP contribution in [-0.2, 0) is 0 Å². The van der Waals surface area contributed by atoms with Crippen LogP contribution in [-0.4, -0.2) is 62.3 Å². The summed E-state index contributed by atoms with van der Waals surface area (Å²) in [6.07, 6.45) is 5.03. The van der Waals surface area contributed by atoms with E-state index in [9.17, 15) is 4.79 Å². The number of rotatable bonds is 0. The Kier molecular flexibility index (Phi) is 2.22. The van der Waals surface area contributed by atoms with Crippen LogP contribution in [0.2, 0.25) is 0 Å². The van der Waals surface area contributed by atoms with Crippen molar-refractivity contribution in [2.75, 3.05) is 20.1 Å². The van der Waals surface area contributed by atoms with E-state index in [1.807, 2.05) is 4.90 Å². The van der Waals surface area contributed by atoms with Crippen LogP contribution in [0.15, 0.2) is 12.7 Å². The van der Waals surface area contributed by atoms with E-state index in [1.165, 1.54) is 17.3 Å². The molecule has 0 radical (unpaired) electrons. The van der Waals surface area contributed by atoms with Crippen molar-refractivity contribution in [2.45, 2.75) is 31.3 Å². The highest BCUT2D eigenvalue weighted by atomic mass is 16.2. The van der Waals surface area contributed by atoms with Crippen LogP contribution in [0, 0.1) is 0 Å². The molecule has 1 spiro atoms. The van der Waals surface area contributed by atoms with Crippen molar-refractivity contribution in [3.8, 4) is 0 Å². The summed E-state index contributed by atoms with van der Waals surface area (Å²) in [4.78, 5) is 20.4. The van der Waals surface area contributed by atoms with Crippen LogP contribution in [0.4, 0.5) is 4.79 Å². The molecule has 2 fully saturated rings. The average molecular weight is 235 g/mol. The molecule has 6 heteroatoms. The van der Waals surface area contributed by atoms with E-state index in [1.54, 1.807) is 0 Å². The van der Waals surface area contributed by atoms with Crippen LogP contribution in [0.25, 0.3) is 0 Å². The Morgan fingerprint density at radius 3 is 2.88 bits per heavy atom. The van der Waals surface area contributed by atoms with Gasteiger partial charge < -0.3 is 9.80 Å². The quantitative estimate of drug-likeness (QED) is 0.654. The van der Waals surface area contributed by atoms with Crippen LogP contribution < -0.4 is 0 Å². The van der Waals surface area contributed by atoms with Crippen molar-refractivity contribution in [2.24, 2.45) is 0 Å². The third-order valence-electron chi connectivity index (χ3n) is 3.97. The highest BCUT2D eigenvalue weighted by Crippen LogP contribution is 2.43. The molecule has 2 aliphatic heterocycles. The number of aromatic nitrogens is 3. The Bertz CT molecular complexity index is 427. The summed E-state index contributed by atoms with van der Waals surface area (Å²) in [5.41, 5.74) is 0.0389. The molecule has 0 saturated carbocycles. The van der Waals surface area contributed by atoms with E-state index in [4.69, 9.17) is 0 Å². The zero-order valence-electron chi connectivity index (χ0n) is 10.2. The van der Waals surface area contributed by atoms with Crippen molar-refractivity contribution >= 4 is 6.03 Å². The Balaban J connectivity index is 1.84. The zero-order valence-corrected chi connectivity index (χ0v) is 10.2. The second-order valence-electron chi connectivity index (χ2n) is 5.26. The van der Waals surface area contributed by atoms with Gasteiger partial charge in [0.25, 0.3) is 0 Å². The maximum Gasteiger partial charge on any atom is 0.346 e. The van der Waals surface area contributed by atoms with Crippen molar-refractivity contribution in [3.63, 3.8) is 0 Å². The van der Waals surface area contributed by atoms with Gasteiger partial charge in [-0.15, -0.1) is 0 Å². The maximum atomic E-state index is 12.3. The van der Waals surface area contributed by atoms with Gasteiger partial charge in [-0.25, -0.2) is 9.78 Å². The molecule has 17 heavy (non-hydrogen) atoms. The first-order chi connectivity index (χ1) is 8.12. The molecular weight excluding hydrogens is 218 g/mol. The van der Waals surface area contributed by atoms with E-state index in [0.29, 0.717) is 6.04 Å². The molecule has 2 unspecified atom stereocenters. The zero-order chi connectivity index (χ0) is 12.0. The molecule has 1 aromatic rings. The second kappa shape index (κ2) is 3.53. The average Bonchev–Trinajstić information content (AvgIpc) is 2.88. The minimum absolute atomic E-state index is 0.0389. The molecule has 1 aromatic heterocycles. The van der Waals surface area contributed by atoms with Gasteiger partial charge in [-0.2, -0.15) is 9.78 Å². The lowest BCUT2D eigenvalue weighted by molar-refractivity contribution is -0.0172. The van der Waals surface area contributed by atoms with Gasteiger partial charge in [0.2, 0.25) is 0 Å². The summed E-state index contributed by atoms with van der Waals surface area (Å²) < 4.78 is 1.33. The molecule has 3 rings (SSSR count). The molecular formula is C11H17N5O. The van der Waals surface area contributed by atoms with E-state index >= 15 is 0 Å². The highest BCUT2D eigenvalue weighted by Gasteiger charge is 2.55. The lowest BCUT2D eigenvalue weighted by Gasteiger charge is -2.55. The number of likely N-dealkylation sites (tertiary alicyclic amines) is 2. The molecule has 0 aliphatic carbocycles. The fraction of sp³-hybridized carbons (Fsp3) is 0.727. The van der Waals surface area contributed by atoms with Gasteiger partial charge in [-0.1, -0.05) is 0 Å². The molecule has 2 saturated heterocycles. The number of carbonyl (C=O) groups is 1. The monoisotopic (exact) mass is 235 g/mol. The minimum Gasteiger partial charge on any atom is -0.313 e. The van der Waals surface area contributed by atoms with Crippen molar-refractivity contribution in [3.05, 3.63) is 12.7 Å². The predicted molar refractivity (Wildman–Crippen MR) is 61.6 cm³/mol. The fourth-order valence-corrected chi connectivity index (χ4v) is 3.33. The lowest BCUT2D eigenvalue weighted by atomic mass is 9.78. The summed E-state index contributed by atoms with van der Waals surface area (Å²) >= 11 is 0. The van der Waals surface area contributed by atoms with Gasteiger partial charge in [-0.3, -0.25) is 0 Å². The van der Waals surface area contributed by atoms with E-state index < -0.39 is 0 Å². The smallest absolute Gasteiger partial charge is 0.313 e. The molecule has 0 aromatic carbocycles. The highest BCUT2D eigenvalue weighted by molar-refractivity contribution is 5.78. The number of hydrogen-bond acceptors (Lipinski definition) is 4. The van der Waals surface area contributed by atoms with Gasteiger partial charge in [0.1, 0.15) is 12.7 Å². The molecule has 6 nitrogen and oxygen atoms in total. The van der Waals surface area contributed by atoms with Crippen molar-refractivity contribution in [1.82, 2.24) is 24.6 Å². The number of amides is 1. The third-order valence-corrected chi connectivity index (χ3v) is 3.97. The Morgan fingerprint density at radius 1 is 1.53 bits per heavy atom. The number of hydrogen-bond donors (Lipinski definition) is 0. The van der Waals surface area contributed by atoms with Gasteiger partial charge in [0.05, 0.1) is 5.54 Å². The minimum atomic E-state index is -0.0449. The summed E-state index contributed by atoms with van der Waals surface area (Å²) in [7, 11) is 2.11. The van der Waals surface area contributed by atoms with Crippen LogP contribution in [0.1, 0.15) is 19.8 Å². The fourth-order valence-electron chi connectivity index (χ4n) is 3.33. The SMILES string of the molecule is CC1CC2(CCN(C)C2)N1C(=O)n1cncn1. The van der Waals surface area contributed by atoms with E-state index in [2.05, 4.69) is 29.0 Å². The van der Waals surface area contributed by atoms with Gasteiger partial charge in [0.15, 0.2) is 0 Å². The Hall–Kier alpha value is -1.43. The normalized spacial score (nSPS) is 33.1. The summed E-state index contributed by atoms with van der Waals surface area (Å²) in [5.74, 6) is 0. The van der Waals surface area contributed by atoms with Crippen LogP contribution in [0.3, 0.4) is 0 Å². The van der Waals surface area contributed by atoms with Gasteiger partial charge in [0, 0.05) is 19.1 Å². The Morgan fingerprint density at radius 2 is 2.35 bits per heavy atom. The molecule has 92 valence electrons. The third kappa shape index (κ3) is 1.47. The van der Waals surface area contributed by atoms with E-state index in [-0.39, 0.29) is 11.6 Å². The number of carbonyl (C=O) groups excluding carboxylic acids is 1. The first-order valence-corrected chi connectivity index (χ1v) is 5.99. The van der Waals surface area contributed by atoms with Gasteiger partial charge >= 0.3 is 6.03 Å². The molecule has 2 atom stereocenters. The molecule has 2 aliphatic rings. The topological polar surface area (TPSA) is 54.3 Å². The molecule has 1 amide bonds. The summed E-state index contributed by atoms with van der Waals surface area (Å²) in [6, 6.07) is 0.259. The van der Waals surface area contributed by atoms with Gasteiger partial charge in [-0.05, 0) is 26.8 Å². The maximum absolute atomic E-state index is 12.3. The Labute approximate surface area is 100 Å². The summed E-state index contributed by atoms with van der Waals surface area (Å²) in [6.45, 7) is 4.13. The lowest BCUT2D eigenvalue weighted by Crippen LogP contribution is -2.68. The van der Waals surface area contributed by atoms with Crippen LogP contribution in [0.5, 0.6) is 0 Å². The number of likely N-dealkylation sites (N-methyl/N-ethyl adjacent to an activating group) is 1. The standard InChI is InChI=1S/C11H17N5O/c1-9-5-11(3-4-14(2)6-11)16(9)10(17)15-8-12-7-13-15/h7-9H,3-6H2,1-2H3. The first-order valence-electron chi connectivity index (χ1n) is 5.99. The number of nitrogens with zero attached hydrogens (tertiary/aromatic N) is 5. The van der Waals surface area contributed by atoms with E-state index in [0.717, 1.165) is 25.9 Å². The molecule has 0 N–H and O–H groups in total. The summed E-state index contributed by atoms with van der Waals surface area (Å²) in [5, 5.41) is 3.93. The molecule has 0 bridgehead atoms. The van der Waals surface area contributed by atoms with Crippen LogP contribution >= 0.6 is 0 Å². The predicted octanol–water partition coefficient (Wildman–Crippen LogP) is 0.415.